The number of imidazole rings is 1. The van der Waals surface area contributed by atoms with Crippen LogP contribution in [0.25, 0.3) is 0 Å². The van der Waals surface area contributed by atoms with Crippen LogP contribution in [0.2, 0.25) is 0 Å². The van der Waals surface area contributed by atoms with Crippen LogP contribution in [-0.4, -0.2) is 69.3 Å². The highest BCUT2D eigenvalue weighted by atomic mass is 16.3. The first kappa shape index (κ1) is 18.7. The van der Waals surface area contributed by atoms with E-state index in [1.165, 1.54) is 0 Å². The van der Waals surface area contributed by atoms with Crippen molar-refractivity contribution >= 4 is 6.03 Å². The smallest absolute Gasteiger partial charge is 0.317 e. The molecule has 0 aliphatic carbocycles. The summed E-state index contributed by atoms with van der Waals surface area (Å²) in [5.41, 5.74) is 0. The van der Waals surface area contributed by atoms with E-state index in [2.05, 4.69) is 22.1 Å². The number of nitrogens with zero attached hydrogens (tertiary/aromatic N) is 4. The van der Waals surface area contributed by atoms with Crippen molar-refractivity contribution in [1.29, 1.82) is 0 Å². The Morgan fingerprint density at radius 3 is 3.04 bits per heavy atom. The number of carbonyl (C=O) groups excluding carboxylic acids is 1. The molecule has 7 heteroatoms. The zero-order valence-electron chi connectivity index (χ0n) is 14.9. The lowest BCUT2D eigenvalue weighted by molar-refractivity contribution is 0.0702. The molecule has 1 aliphatic rings. The minimum atomic E-state index is -0.189. The van der Waals surface area contributed by atoms with E-state index in [0.717, 1.165) is 57.7 Å². The van der Waals surface area contributed by atoms with Gasteiger partial charge in [0.1, 0.15) is 5.82 Å². The molecule has 0 spiro atoms. The van der Waals surface area contributed by atoms with Crippen LogP contribution in [0.3, 0.4) is 0 Å². The summed E-state index contributed by atoms with van der Waals surface area (Å²) in [6.07, 6.45) is 7.25. The average Bonchev–Trinajstić information content (AvgIpc) is 2.96. The highest BCUT2D eigenvalue weighted by molar-refractivity contribution is 5.74. The molecule has 2 amide bonds. The number of piperidine rings is 1. The largest absolute Gasteiger partial charge is 0.392 e. The van der Waals surface area contributed by atoms with Gasteiger partial charge in [-0.25, -0.2) is 9.78 Å². The fourth-order valence-electron chi connectivity index (χ4n) is 3.09. The van der Waals surface area contributed by atoms with Crippen LogP contribution in [0.1, 0.15) is 38.4 Å². The zero-order chi connectivity index (χ0) is 17.4. The van der Waals surface area contributed by atoms with Crippen LogP contribution in [0.5, 0.6) is 0 Å². The van der Waals surface area contributed by atoms with Crippen molar-refractivity contribution < 1.29 is 9.90 Å². The minimum absolute atomic E-state index is 0.0291. The molecule has 136 valence electrons. The third-order valence-corrected chi connectivity index (χ3v) is 4.44. The average molecular weight is 337 g/mol. The predicted octanol–water partition coefficient (Wildman–Crippen LogP) is 1.19. The maximum atomic E-state index is 12.4. The van der Waals surface area contributed by atoms with Crippen LogP contribution in [0.4, 0.5) is 4.79 Å². The van der Waals surface area contributed by atoms with Crippen LogP contribution in [0.15, 0.2) is 12.4 Å². The number of likely N-dealkylation sites (tertiary alicyclic amines) is 1. The van der Waals surface area contributed by atoms with Crippen LogP contribution < -0.4 is 5.32 Å². The van der Waals surface area contributed by atoms with Gasteiger partial charge in [0.25, 0.3) is 0 Å². The number of amides is 2. The Morgan fingerprint density at radius 1 is 1.54 bits per heavy atom. The lowest BCUT2D eigenvalue weighted by Crippen LogP contribution is -2.42. The molecule has 0 unspecified atom stereocenters. The second kappa shape index (κ2) is 9.64. The van der Waals surface area contributed by atoms with Gasteiger partial charge < -0.3 is 24.8 Å². The van der Waals surface area contributed by atoms with E-state index in [-0.39, 0.29) is 12.1 Å². The highest BCUT2D eigenvalue weighted by Crippen LogP contribution is 2.09. The van der Waals surface area contributed by atoms with Crippen molar-refractivity contribution in [2.75, 3.05) is 32.7 Å². The topological polar surface area (TPSA) is 73.6 Å². The van der Waals surface area contributed by atoms with Crippen LogP contribution >= 0.6 is 0 Å². The maximum Gasteiger partial charge on any atom is 0.317 e. The molecule has 1 atom stereocenters. The van der Waals surface area contributed by atoms with Crippen LogP contribution in [-0.2, 0) is 13.6 Å². The summed E-state index contributed by atoms with van der Waals surface area (Å²) in [5.74, 6) is 0.890. The number of nitrogens with one attached hydrogen (secondary N) is 1. The Hall–Kier alpha value is -1.60. The quantitative estimate of drug-likeness (QED) is 0.699. The molecule has 1 fully saturated rings. The van der Waals surface area contributed by atoms with Gasteiger partial charge in [0, 0.05) is 39.1 Å². The van der Waals surface area contributed by atoms with Gasteiger partial charge in [-0.05, 0) is 38.8 Å². The third-order valence-electron chi connectivity index (χ3n) is 4.44. The second-order valence-electron chi connectivity index (χ2n) is 6.56. The normalized spacial score (nSPS) is 18.5. The molecule has 0 bridgehead atoms. The molecule has 0 aromatic carbocycles. The standard InChI is InChI=1S/C17H31N5O2/c1-3-9-22(14-16-18-8-12-20(16)2)17(24)19-7-5-11-21-10-4-6-15(23)13-21/h8,12,15,23H,3-7,9-11,13-14H2,1-2H3,(H,19,24)/t15-/m0/s1. The number of hydrogen-bond donors (Lipinski definition) is 2. The minimum Gasteiger partial charge on any atom is -0.392 e. The van der Waals surface area contributed by atoms with Gasteiger partial charge in [-0.3, -0.25) is 0 Å². The van der Waals surface area contributed by atoms with Crippen molar-refractivity contribution in [3.05, 3.63) is 18.2 Å². The van der Waals surface area contributed by atoms with E-state index in [4.69, 9.17) is 0 Å². The monoisotopic (exact) mass is 337 g/mol. The summed E-state index contributed by atoms with van der Waals surface area (Å²) in [6, 6.07) is -0.0291. The molecule has 1 saturated heterocycles. The van der Waals surface area contributed by atoms with Crippen molar-refractivity contribution in [3.8, 4) is 0 Å². The molecular formula is C17H31N5O2. The van der Waals surface area contributed by atoms with E-state index >= 15 is 0 Å². The summed E-state index contributed by atoms with van der Waals surface area (Å²) < 4.78 is 1.94. The number of β-amino-alcohol motifs (C(OH)–C–C–N with tert-alkyl or cyclic N) is 1. The summed E-state index contributed by atoms with van der Waals surface area (Å²) in [4.78, 5) is 20.8. The first-order valence-corrected chi connectivity index (χ1v) is 8.99. The number of urea groups is 1. The number of hydrogen-bond acceptors (Lipinski definition) is 4. The van der Waals surface area contributed by atoms with Crippen molar-refractivity contribution in [2.24, 2.45) is 7.05 Å². The molecule has 2 heterocycles. The molecule has 2 N–H and O–H groups in total. The van der Waals surface area contributed by atoms with Gasteiger partial charge in [-0.2, -0.15) is 0 Å². The Kier molecular flexibility index (Phi) is 7.52. The first-order chi connectivity index (χ1) is 11.6. The number of aliphatic hydroxyl groups is 1. The molecule has 7 nitrogen and oxygen atoms in total. The third kappa shape index (κ3) is 5.79. The number of aromatic nitrogens is 2. The maximum absolute atomic E-state index is 12.4. The van der Waals surface area contributed by atoms with Crippen molar-refractivity contribution in [2.45, 2.75) is 45.3 Å². The molecule has 0 saturated carbocycles. The van der Waals surface area contributed by atoms with Gasteiger partial charge in [0.05, 0.1) is 12.6 Å². The molecule has 0 radical (unpaired) electrons. The Morgan fingerprint density at radius 2 is 2.38 bits per heavy atom. The fraction of sp³-hybridized carbons (Fsp3) is 0.765. The zero-order valence-corrected chi connectivity index (χ0v) is 14.9. The summed E-state index contributed by atoms with van der Waals surface area (Å²) in [5, 5.41) is 12.7. The second-order valence-corrected chi connectivity index (χ2v) is 6.56. The Balaban J connectivity index is 1.71. The van der Waals surface area contributed by atoms with Gasteiger partial charge in [-0.1, -0.05) is 6.92 Å². The van der Waals surface area contributed by atoms with E-state index < -0.39 is 0 Å². The molecular weight excluding hydrogens is 306 g/mol. The predicted molar refractivity (Wildman–Crippen MR) is 93.6 cm³/mol. The molecule has 1 aromatic rings. The van der Waals surface area contributed by atoms with Gasteiger partial charge in [-0.15, -0.1) is 0 Å². The molecule has 1 aromatic heterocycles. The number of carbonyl (C=O) groups is 1. The first-order valence-electron chi connectivity index (χ1n) is 8.99. The molecule has 2 rings (SSSR count). The van der Waals surface area contributed by atoms with Gasteiger partial charge in [0.2, 0.25) is 0 Å². The Labute approximate surface area is 144 Å². The van der Waals surface area contributed by atoms with E-state index in [1.54, 1.807) is 6.20 Å². The van der Waals surface area contributed by atoms with Crippen LogP contribution in [0, 0.1) is 0 Å². The number of aryl methyl sites for hydroxylation is 1. The van der Waals surface area contributed by atoms with Gasteiger partial charge >= 0.3 is 6.03 Å². The van der Waals surface area contributed by atoms with Crippen molar-refractivity contribution in [3.63, 3.8) is 0 Å². The highest BCUT2D eigenvalue weighted by Gasteiger charge is 2.18. The van der Waals surface area contributed by atoms with E-state index in [1.807, 2.05) is 22.7 Å². The summed E-state index contributed by atoms with van der Waals surface area (Å²) in [7, 11) is 1.94. The molecule has 1 aliphatic heterocycles. The van der Waals surface area contributed by atoms with Gasteiger partial charge in [0.15, 0.2) is 0 Å². The summed E-state index contributed by atoms with van der Waals surface area (Å²) in [6.45, 7) is 6.71. The lowest BCUT2D eigenvalue weighted by atomic mass is 10.1. The SMILES string of the molecule is CCCN(Cc1nccn1C)C(=O)NCCCN1CCC[C@H](O)C1. The van der Waals surface area contributed by atoms with Crippen molar-refractivity contribution in [1.82, 2.24) is 24.7 Å². The number of aliphatic hydroxyl groups excluding tert-OH is 1. The van der Waals surface area contributed by atoms with E-state index in [9.17, 15) is 9.90 Å². The lowest BCUT2D eigenvalue weighted by Gasteiger charge is -2.30. The fourth-order valence-corrected chi connectivity index (χ4v) is 3.09. The summed E-state index contributed by atoms with van der Waals surface area (Å²) >= 11 is 0. The van der Waals surface area contributed by atoms with E-state index in [0.29, 0.717) is 13.1 Å². The Bertz CT molecular complexity index is 505. The number of rotatable bonds is 8. The molecule has 24 heavy (non-hydrogen) atoms.